The number of methoxy groups -OCH3 is 1. The third kappa shape index (κ3) is 3.30. The van der Waals surface area contributed by atoms with E-state index in [0.717, 1.165) is 17.8 Å². The lowest BCUT2D eigenvalue weighted by molar-refractivity contribution is -0.154. The summed E-state index contributed by atoms with van der Waals surface area (Å²) < 4.78 is 12.7. The standard InChI is InChI=1S/C30H52O3Si/c1-19(25(31)18-33-34(8,9)27(2,3)4)22-10-11-23-21-16-26(32-7)30-17-20(30)12-15-29(30,6)24(21)13-14-28(22,23)5/h10,19-21,23-26,31H,11-18H2,1-9H3/t19-,20+,21-,23-,24-,25-,26+,28+,29+,30-/m0/s1. The van der Waals surface area contributed by atoms with Gasteiger partial charge in [-0.25, -0.2) is 0 Å². The van der Waals surface area contributed by atoms with Crippen molar-refractivity contribution >= 4 is 8.32 Å². The monoisotopic (exact) mass is 488 g/mol. The van der Waals surface area contributed by atoms with Gasteiger partial charge in [-0.05, 0) is 97.6 Å². The normalized spacial score (nSPS) is 47.2. The van der Waals surface area contributed by atoms with E-state index in [9.17, 15) is 5.11 Å². The molecule has 4 saturated carbocycles. The topological polar surface area (TPSA) is 38.7 Å². The van der Waals surface area contributed by atoms with Crippen molar-refractivity contribution in [3.8, 4) is 0 Å². The summed E-state index contributed by atoms with van der Waals surface area (Å²) in [5.41, 5.74) is 2.72. The lowest BCUT2D eigenvalue weighted by Crippen LogP contribution is -2.56. The van der Waals surface area contributed by atoms with Crippen LogP contribution < -0.4 is 0 Å². The van der Waals surface area contributed by atoms with Gasteiger partial charge in [0, 0.05) is 18.4 Å². The van der Waals surface area contributed by atoms with Crippen LogP contribution in [0.25, 0.3) is 0 Å². The molecular formula is C30H52O3Si. The van der Waals surface area contributed by atoms with E-state index in [1.54, 1.807) is 0 Å². The number of hydrogen-bond acceptors (Lipinski definition) is 3. The Kier molecular flexibility index (Phi) is 5.93. The second-order valence-electron chi connectivity index (χ2n) is 15.0. The fourth-order valence-electron chi connectivity index (χ4n) is 9.75. The number of allylic oxidation sites excluding steroid dienone is 1. The van der Waals surface area contributed by atoms with Gasteiger partial charge in [-0.3, -0.25) is 0 Å². The van der Waals surface area contributed by atoms with Crippen molar-refractivity contribution in [1.29, 1.82) is 0 Å². The Balaban J connectivity index is 1.32. The maximum atomic E-state index is 11.3. The molecule has 4 heteroatoms. The van der Waals surface area contributed by atoms with Crippen molar-refractivity contribution in [1.82, 2.24) is 0 Å². The smallest absolute Gasteiger partial charge is 0.192 e. The van der Waals surface area contributed by atoms with Gasteiger partial charge in [-0.2, -0.15) is 0 Å². The molecule has 5 aliphatic rings. The van der Waals surface area contributed by atoms with Gasteiger partial charge >= 0.3 is 0 Å². The van der Waals surface area contributed by atoms with Crippen LogP contribution in [-0.2, 0) is 9.16 Å². The van der Waals surface area contributed by atoms with Gasteiger partial charge in [-0.1, -0.05) is 53.2 Å². The molecule has 1 N–H and O–H groups in total. The summed E-state index contributed by atoms with van der Waals surface area (Å²) in [4.78, 5) is 0. The third-order valence-corrected chi connectivity index (χ3v) is 17.5. The molecule has 0 unspecified atom stereocenters. The summed E-state index contributed by atoms with van der Waals surface area (Å²) in [6.45, 7) is 19.3. The van der Waals surface area contributed by atoms with Crippen LogP contribution in [0.1, 0.15) is 86.5 Å². The fraction of sp³-hybridized carbons (Fsp3) is 0.933. The Morgan fingerprint density at radius 1 is 1.15 bits per heavy atom. The molecule has 0 heterocycles. The van der Waals surface area contributed by atoms with Crippen LogP contribution in [0.15, 0.2) is 11.6 Å². The first-order valence-electron chi connectivity index (χ1n) is 14.3. The van der Waals surface area contributed by atoms with Crippen molar-refractivity contribution in [2.75, 3.05) is 13.7 Å². The Morgan fingerprint density at radius 3 is 2.47 bits per heavy atom. The van der Waals surface area contributed by atoms with Crippen molar-refractivity contribution in [2.24, 2.45) is 45.8 Å². The van der Waals surface area contributed by atoms with E-state index < -0.39 is 14.4 Å². The van der Waals surface area contributed by atoms with Gasteiger partial charge in [0.2, 0.25) is 0 Å². The quantitative estimate of drug-likeness (QED) is 0.317. The average molecular weight is 489 g/mol. The molecule has 4 fully saturated rings. The van der Waals surface area contributed by atoms with Gasteiger partial charge in [0.25, 0.3) is 0 Å². The van der Waals surface area contributed by atoms with Crippen molar-refractivity contribution in [3.63, 3.8) is 0 Å². The van der Waals surface area contributed by atoms with E-state index >= 15 is 0 Å². The number of aliphatic hydroxyl groups is 1. The lowest BCUT2D eigenvalue weighted by atomic mass is 9.45. The second-order valence-corrected chi connectivity index (χ2v) is 19.8. The van der Waals surface area contributed by atoms with Crippen LogP contribution in [0.2, 0.25) is 18.1 Å². The van der Waals surface area contributed by atoms with Crippen LogP contribution in [-0.4, -0.2) is 39.3 Å². The third-order valence-electron chi connectivity index (χ3n) is 13.0. The molecule has 3 nitrogen and oxygen atoms in total. The zero-order chi connectivity index (χ0) is 24.9. The fourth-order valence-corrected chi connectivity index (χ4v) is 10.8. The molecule has 0 aromatic rings. The molecule has 0 saturated heterocycles. The van der Waals surface area contributed by atoms with Crippen molar-refractivity contribution in [3.05, 3.63) is 11.6 Å². The van der Waals surface area contributed by atoms with E-state index in [2.05, 4.69) is 60.7 Å². The van der Waals surface area contributed by atoms with Crippen LogP contribution >= 0.6 is 0 Å². The molecule has 10 atom stereocenters. The summed E-state index contributed by atoms with van der Waals surface area (Å²) in [6, 6.07) is 0. The minimum absolute atomic E-state index is 0.166. The summed E-state index contributed by atoms with van der Waals surface area (Å²) in [6.07, 6.45) is 12.0. The van der Waals surface area contributed by atoms with Crippen LogP contribution in [0.4, 0.5) is 0 Å². The zero-order valence-corrected chi connectivity index (χ0v) is 24.5. The van der Waals surface area contributed by atoms with Crippen molar-refractivity contribution < 1.29 is 14.3 Å². The van der Waals surface area contributed by atoms with E-state index in [-0.39, 0.29) is 16.4 Å². The Labute approximate surface area is 210 Å². The molecule has 1 spiro atoms. The Morgan fingerprint density at radius 2 is 1.85 bits per heavy atom. The highest BCUT2D eigenvalue weighted by molar-refractivity contribution is 6.74. The second kappa shape index (κ2) is 7.92. The number of fused-ring (bicyclic) bond motifs is 4. The van der Waals surface area contributed by atoms with Crippen LogP contribution in [0, 0.1) is 45.8 Å². The molecule has 0 aromatic carbocycles. The number of hydrogen-bond donors (Lipinski definition) is 1. The van der Waals surface area contributed by atoms with Gasteiger partial charge in [0.05, 0.1) is 18.8 Å². The highest BCUT2D eigenvalue weighted by atomic mass is 28.4. The predicted molar refractivity (Wildman–Crippen MR) is 142 cm³/mol. The first-order chi connectivity index (χ1) is 15.7. The Hall–Kier alpha value is -0.163. The molecule has 34 heavy (non-hydrogen) atoms. The zero-order valence-electron chi connectivity index (χ0n) is 23.5. The SMILES string of the molecule is CO[C@@H]1C[C@H]2[C@@H]3CC=C([C@H](C)[C@@H](O)CO[Si](C)(C)C(C)(C)C)[C@@]3(C)CC[C@@H]2[C@@]2(C)CC[C@@H]3C[C@]312. The minimum atomic E-state index is -1.86. The summed E-state index contributed by atoms with van der Waals surface area (Å²) in [7, 11) is 0.122. The molecule has 0 amide bonds. The maximum Gasteiger partial charge on any atom is 0.192 e. The molecule has 5 aliphatic carbocycles. The minimum Gasteiger partial charge on any atom is -0.414 e. The van der Waals surface area contributed by atoms with Crippen molar-refractivity contribution in [2.45, 2.75) is 117 Å². The summed E-state index contributed by atoms with van der Waals surface area (Å²) >= 11 is 0. The summed E-state index contributed by atoms with van der Waals surface area (Å²) in [5, 5.41) is 11.4. The van der Waals surface area contributed by atoms with E-state index in [0.29, 0.717) is 29.5 Å². The molecular weight excluding hydrogens is 436 g/mol. The molecule has 194 valence electrons. The number of ether oxygens (including phenoxy) is 1. The van der Waals surface area contributed by atoms with Gasteiger partial charge < -0.3 is 14.3 Å². The van der Waals surface area contributed by atoms with E-state index in [4.69, 9.17) is 9.16 Å². The first kappa shape index (κ1) is 25.5. The van der Waals surface area contributed by atoms with Gasteiger partial charge in [0.15, 0.2) is 8.32 Å². The highest BCUT2D eigenvalue weighted by Crippen LogP contribution is 2.82. The van der Waals surface area contributed by atoms with E-state index in [1.807, 2.05) is 7.11 Å². The number of rotatable bonds is 6. The predicted octanol–water partition coefficient (Wildman–Crippen LogP) is 7.21. The van der Waals surface area contributed by atoms with Gasteiger partial charge in [0.1, 0.15) is 0 Å². The molecule has 0 aromatic heterocycles. The largest absolute Gasteiger partial charge is 0.414 e. The van der Waals surface area contributed by atoms with E-state index in [1.165, 1.54) is 50.5 Å². The lowest BCUT2D eigenvalue weighted by Gasteiger charge is -2.60. The maximum absolute atomic E-state index is 11.3. The molecule has 5 rings (SSSR count). The Bertz CT molecular complexity index is 844. The van der Waals surface area contributed by atoms with Crippen LogP contribution in [0.3, 0.4) is 0 Å². The number of aliphatic hydroxyl groups excluding tert-OH is 1. The first-order valence-corrected chi connectivity index (χ1v) is 17.2. The van der Waals surface area contributed by atoms with Gasteiger partial charge in [-0.15, -0.1) is 0 Å². The average Bonchev–Trinajstić information content (AvgIpc) is 3.27. The molecule has 0 bridgehead atoms. The molecule has 0 aliphatic heterocycles. The van der Waals surface area contributed by atoms with Crippen LogP contribution in [0.5, 0.6) is 0 Å². The highest BCUT2D eigenvalue weighted by Gasteiger charge is 2.77. The summed E-state index contributed by atoms with van der Waals surface area (Å²) in [5.74, 6) is 3.44. The molecule has 0 radical (unpaired) electrons.